The number of ether oxygens (including phenoxy) is 1. The Labute approximate surface area is 89.9 Å². The van der Waals surface area contributed by atoms with Crippen LogP contribution in [0.15, 0.2) is 0 Å². The zero-order valence-electron chi connectivity index (χ0n) is 9.08. The van der Waals surface area contributed by atoms with Crippen molar-refractivity contribution in [1.29, 1.82) is 0 Å². The topological polar surface area (TPSA) is 64.3 Å². The number of methoxy groups -OCH3 is 1. The third-order valence-corrected chi connectivity index (χ3v) is 2.66. The minimum Gasteiger partial charge on any atom is -0.383 e. The molecule has 0 rings (SSSR count). The van der Waals surface area contributed by atoms with Gasteiger partial charge in [0.1, 0.15) is 6.04 Å². The van der Waals surface area contributed by atoms with Crippen LogP contribution in [0.2, 0.25) is 0 Å². The normalized spacial score (nSPS) is 14.9. The van der Waals surface area contributed by atoms with Crippen LogP contribution in [0.4, 0.5) is 0 Å². The van der Waals surface area contributed by atoms with E-state index in [1.54, 1.807) is 11.8 Å². The molecule has 1 amide bonds. The monoisotopic (exact) mass is 220 g/mol. The minimum absolute atomic E-state index is 0.139. The standard InChI is InChI=1S/C9H20N2O2S/c1-7(6-14-3)4-11-9(12)8(10)5-13-2/h7-8H,4-6,10H2,1-3H3,(H,11,12). The van der Waals surface area contributed by atoms with Crippen molar-refractivity contribution >= 4 is 17.7 Å². The number of carbonyl (C=O) groups excluding carboxylic acids is 1. The van der Waals surface area contributed by atoms with Crippen LogP contribution >= 0.6 is 11.8 Å². The Bertz CT molecular complexity index is 167. The van der Waals surface area contributed by atoms with Crippen LogP contribution in [0.3, 0.4) is 0 Å². The van der Waals surface area contributed by atoms with Crippen molar-refractivity contribution in [3.8, 4) is 0 Å². The lowest BCUT2D eigenvalue weighted by molar-refractivity contribution is -0.123. The fourth-order valence-electron chi connectivity index (χ4n) is 1.00. The number of nitrogens with one attached hydrogen (secondary N) is 1. The molecule has 0 heterocycles. The smallest absolute Gasteiger partial charge is 0.239 e. The summed E-state index contributed by atoms with van der Waals surface area (Å²) < 4.78 is 4.79. The van der Waals surface area contributed by atoms with Gasteiger partial charge < -0.3 is 15.8 Å². The first kappa shape index (κ1) is 13.7. The van der Waals surface area contributed by atoms with Crippen LogP contribution in [-0.4, -0.2) is 44.2 Å². The molecule has 0 aliphatic heterocycles. The van der Waals surface area contributed by atoms with E-state index in [-0.39, 0.29) is 12.5 Å². The Hall–Kier alpha value is -0.260. The highest BCUT2D eigenvalue weighted by molar-refractivity contribution is 7.98. The highest BCUT2D eigenvalue weighted by atomic mass is 32.2. The molecule has 0 aromatic heterocycles. The average Bonchev–Trinajstić information content (AvgIpc) is 2.15. The van der Waals surface area contributed by atoms with Gasteiger partial charge in [0.25, 0.3) is 0 Å². The lowest BCUT2D eigenvalue weighted by atomic mass is 10.2. The van der Waals surface area contributed by atoms with Gasteiger partial charge in [0.2, 0.25) is 5.91 Å². The predicted octanol–water partition coefficient (Wildman–Crippen LogP) is 0.0754. The lowest BCUT2D eigenvalue weighted by Crippen LogP contribution is -2.44. The molecule has 0 aromatic carbocycles. The van der Waals surface area contributed by atoms with Crippen molar-refractivity contribution in [3.05, 3.63) is 0 Å². The van der Waals surface area contributed by atoms with Crippen molar-refractivity contribution in [3.63, 3.8) is 0 Å². The van der Waals surface area contributed by atoms with E-state index >= 15 is 0 Å². The number of amides is 1. The second-order valence-corrected chi connectivity index (χ2v) is 4.28. The quantitative estimate of drug-likeness (QED) is 0.637. The summed E-state index contributed by atoms with van der Waals surface area (Å²) in [6, 6.07) is -0.554. The van der Waals surface area contributed by atoms with Gasteiger partial charge in [-0.1, -0.05) is 6.92 Å². The molecule has 0 spiro atoms. The Morgan fingerprint density at radius 1 is 1.64 bits per heavy atom. The number of hydrogen-bond acceptors (Lipinski definition) is 4. The second-order valence-electron chi connectivity index (χ2n) is 3.37. The third kappa shape index (κ3) is 6.23. The van der Waals surface area contributed by atoms with E-state index < -0.39 is 6.04 Å². The largest absolute Gasteiger partial charge is 0.383 e. The fraction of sp³-hybridized carbons (Fsp3) is 0.889. The van der Waals surface area contributed by atoms with E-state index in [1.165, 1.54) is 7.11 Å². The predicted molar refractivity (Wildman–Crippen MR) is 60.4 cm³/mol. The van der Waals surface area contributed by atoms with Crippen LogP contribution in [0.5, 0.6) is 0 Å². The second kappa shape index (κ2) is 8.08. The van der Waals surface area contributed by atoms with Gasteiger partial charge >= 0.3 is 0 Å². The molecule has 0 saturated carbocycles. The molecular formula is C9H20N2O2S. The summed E-state index contributed by atoms with van der Waals surface area (Å²) in [7, 11) is 1.53. The van der Waals surface area contributed by atoms with Gasteiger partial charge in [-0.2, -0.15) is 11.8 Å². The summed E-state index contributed by atoms with van der Waals surface area (Å²) in [5.41, 5.74) is 5.55. The van der Waals surface area contributed by atoms with Gasteiger partial charge in [0.15, 0.2) is 0 Å². The zero-order chi connectivity index (χ0) is 11.0. The van der Waals surface area contributed by atoms with Crippen LogP contribution < -0.4 is 11.1 Å². The van der Waals surface area contributed by atoms with Crippen LogP contribution in [0.25, 0.3) is 0 Å². The maximum atomic E-state index is 11.3. The molecule has 0 aromatic rings. The molecule has 0 radical (unpaired) electrons. The van der Waals surface area contributed by atoms with Gasteiger partial charge in [0.05, 0.1) is 6.61 Å². The third-order valence-electron chi connectivity index (χ3n) is 1.76. The Kier molecular flexibility index (Phi) is 7.93. The van der Waals surface area contributed by atoms with Gasteiger partial charge in [-0.25, -0.2) is 0 Å². The van der Waals surface area contributed by atoms with Crippen molar-refractivity contribution in [1.82, 2.24) is 5.32 Å². The first-order valence-corrected chi connectivity index (χ1v) is 6.02. The van der Waals surface area contributed by atoms with E-state index in [0.29, 0.717) is 12.5 Å². The number of thioether (sulfide) groups is 1. The molecule has 2 unspecified atom stereocenters. The Morgan fingerprint density at radius 3 is 2.79 bits per heavy atom. The minimum atomic E-state index is -0.554. The van der Waals surface area contributed by atoms with Gasteiger partial charge in [-0.05, 0) is 17.9 Å². The lowest BCUT2D eigenvalue weighted by Gasteiger charge is -2.14. The molecule has 0 fully saturated rings. The first-order valence-electron chi connectivity index (χ1n) is 4.63. The molecule has 0 bridgehead atoms. The number of carbonyl (C=O) groups is 1. The fourth-order valence-corrected chi connectivity index (χ4v) is 1.69. The summed E-state index contributed by atoms with van der Waals surface area (Å²) in [6.07, 6.45) is 2.05. The van der Waals surface area contributed by atoms with Crippen molar-refractivity contribution < 1.29 is 9.53 Å². The van der Waals surface area contributed by atoms with E-state index in [2.05, 4.69) is 18.5 Å². The molecule has 0 aliphatic rings. The molecule has 84 valence electrons. The number of nitrogens with two attached hydrogens (primary N) is 1. The molecule has 14 heavy (non-hydrogen) atoms. The van der Waals surface area contributed by atoms with E-state index in [4.69, 9.17) is 10.5 Å². The summed E-state index contributed by atoms with van der Waals surface area (Å²) >= 11 is 1.77. The van der Waals surface area contributed by atoms with Gasteiger partial charge in [-0.15, -0.1) is 0 Å². The summed E-state index contributed by atoms with van der Waals surface area (Å²) in [5.74, 6) is 1.38. The van der Waals surface area contributed by atoms with Crippen molar-refractivity contribution in [2.45, 2.75) is 13.0 Å². The first-order chi connectivity index (χ1) is 6.61. The summed E-state index contributed by atoms with van der Waals surface area (Å²) in [4.78, 5) is 11.3. The maximum absolute atomic E-state index is 11.3. The molecular weight excluding hydrogens is 200 g/mol. The van der Waals surface area contributed by atoms with E-state index in [1.807, 2.05) is 0 Å². The van der Waals surface area contributed by atoms with Gasteiger partial charge in [0, 0.05) is 13.7 Å². The van der Waals surface area contributed by atoms with Crippen molar-refractivity contribution in [2.75, 3.05) is 32.3 Å². The highest BCUT2D eigenvalue weighted by Gasteiger charge is 2.13. The maximum Gasteiger partial charge on any atom is 0.239 e. The van der Waals surface area contributed by atoms with E-state index in [9.17, 15) is 4.79 Å². The SMILES string of the molecule is COCC(N)C(=O)NCC(C)CSC. The zero-order valence-corrected chi connectivity index (χ0v) is 9.89. The van der Waals surface area contributed by atoms with E-state index in [0.717, 1.165) is 5.75 Å². The van der Waals surface area contributed by atoms with Crippen LogP contribution in [0, 0.1) is 5.92 Å². The molecule has 4 nitrogen and oxygen atoms in total. The molecule has 3 N–H and O–H groups in total. The molecule has 2 atom stereocenters. The van der Waals surface area contributed by atoms with Crippen molar-refractivity contribution in [2.24, 2.45) is 11.7 Å². The number of hydrogen-bond donors (Lipinski definition) is 2. The summed E-state index contributed by atoms with van der Waals surface area (Å²) in [6.45, 7) is 3.04. The molecule has 5 heteroatoms. The Morgan fingerprint density at radius 2 is 2.29 bits per heavy atom. The van der Waals surface area contributed by atoms with Crippen LogP contribution in [-0.2, 0) is 9.53 Å². The molecule has 0 saturated heterocycles. The Balaban J connectivity index is 3.61. The van der Waals surface area contributed by atoms with Crippen LogP contribution in [0.1, 0.15) is 6.92 Å². The highest BCUT2D eigenvalue weighted by Crippen LogP contribution is 2.02. The number of rotatable bonds is 7. The van der Waals surface area contributed by atoms with Gasteiger partial charge in [-0.3, -0.25) is 4.79 Å². The average molecular weight is 220 g/mol. The summed E-state index contributed by atoms with van der Waals surface area (Å²) in [5, 5.41) is 2.79. The molecule has 0 aliphatic carbocycles.